The fraction of sp³-hybridized carbons (Fsp3) is 0.588. The second kappa shape index (κ2) is 6.83. The van der Waals surface area contributed by atoms with Gasteiger partial charge in [-0.05, 0) is 37.8 Å². The molecule has 0 aliphatic heterocycles. The highest BCUT2D eigenvalue weighted by atomic mass is 16.5. The Bertz CT molecular complexity index is 502. The molecule has 21 heavy (non-hydrogen) atoms. The highest BCUT2D eigenvalue weighted by molar-refractivity contribution is 5.95. The van der Waals surface area contributed by atoms with Crippen molar-refractivity contribution in [3.05, 3.63) is 23.8 Å². The highest BCUT2D eigenvalue weighted by Gasteiger charge is 2.26. The van der Waals surface area contributed by atoms with Crippen molar-refractivity contribution in [1.82, 2.24) is 4.90 Å². The fourth-order valence-electron chi connectivity index (χ4n) is 3.12. The van der Waals surface area contributed by atoms with Gasteiger partial charge >= 0.3 is 0 Å². The van der Waals surface area contributed by atoms with Crippen molar-refractivity contribution >= 4 is 11.6 Å². The van der Waals surface area contributed by atoms with Gasteiger partial charge in [-0.1, -0.05) is 19.8 Å². The van der Waals surface area contributed by atoms with E-state index >= 15 is 0 Å². The summed E-state index contributed by atoms with van der Waals surface area (Å²) >= 11 is 0. The average Bonchev–Trinajstić information content (AvgIpc) is 2.45. The number of benzene rings is 1. The monoisotopic (exact) mass is 290 g/mol. The smallest absolute Gasteiger partial charge is 0.254 e. The summed E-state index contributed by atoms with van der Waals surface area (Å²) < 4.78 is 5.47. The van der Waals surface area contributed by atoms with Crippen molar-refractivity contribution in [3.63, 3.8) is 0 Å². The Morgan fingerprint density at radius 2 is 2.14 bits per heavy atom. The number of anilines is 1. The van der Waals surface area contributed by atoms with Crippen LogP contribution in [0.3, 0.4) is 0 Å². The number of nitrogens with two attached hydrogens (primary N) is 1. The molecule has 116 valence electrons. The average molecular weight is 290 g/mol. The molecule has 0 spiro atoms. The number of amides is 1. The molecule has 2 N–H and O–H groups in total. The van der Waals surface area contributed by atoms with Crippen molar-refractivity contribution in [1.29, 1.82) is 0 Å². The van der Waals surface area contributed by atoms with Crippen molar-refractivity contribution < 1.29 is 9.53 Å². The Morgan fingerprint density at radius 3 is 2.81 bits per heavy atom. The normalized spacial score (nSPS) is 21.9. The van der Waals surface area contributed by atoms with Crippen LogP contribution in [0.25, 0.3) is 0 Å². The topological polar surface area (TPSA) is 55.6 Å². The summed E-state index contributed by atoms with van der Waals surface area (Å²) in [6, 6.07) is 5.60. The van der Waals surface area contributed by atoms with Crippen molar-refractivity contribution in [2.75, 3.05) is 19.4 Å². The molecule has 2 unspecified atom stereocenters. The first kappa shape index (κ1) is 15.7. The molecule has 0 aromatic heterocycles. The van der Waals surface area contributed by atoms with Crippen LogP contribution < -0.4 is 10.5 Å². The minimum atomic E-state index is 0.0300. The molecule has 0 bridgehead atoms. The van der Waals surface area contributed by atoms with Crippen molar-refractivity contribution in [2.45, 2.75) is 45.6 Å². The lowest BCUT2D eigenvalue weighted by atomic mass is 9.86. The Kier molecular flexibility index (Phi) is 5.10. The molecule has 0 heterocycles. The van der Waals surface area contributed by atoms with E-state index in [9.17, 15) is 4.79 Å². The Labute approximate surface area is 127 Å². The number of nitrogen functional groups attached to an aromatic ring is 1. The molecule has 4 heteroatoms. The number of ether oxygens (including phenoxy) is 1. The summed E-state index contributed by atoms with van der Waals surface area (Å²) in [4.78, 5) is 14.5. The van der Waals surface area contributed by atoms with E-state index in [0.717, 1.165) is 12.8 Å². The number of hydrogen-bond donors (Lipinski definition) is 1. The maximum Gasteiger partial charge on any atom is 0.254 e. The number of nitrogens with zero attached hydrogens (tertiary/aromatic N) is 1. The Hall–Kier alpha value is -1.71. The first-order valence-corrected chi connectivity index (χ1v) is 7.81. The molecule has 2 atom stereocenters. The molecule has 1 aromatic carbocycles. The first-order valence-electron chi connectivity index (χ1n) is 7.81. The molecule has 1 aliphatic carbocycles. The molecule has 1 aromatic rings. The van der Waals surface area contributed by atoms with Crippen molar-refractivity contribution in [3.8, 4) is 5.75 Å². The summed E-state index contributed by atoms with van der Waals surface area (Å²) in [5.74, 6) is 1.38. The standard InChI is InChI=1S/C17H26N2O2/c1-4-21-16-10-13(9-14(18)11-16)17(20)19(3)15-7-5-6-12(2)8-15/h9-12,15H,4-8,18H2,1-3H3. The van der Waals surface area contributed by atoms with E-state index in [1.54, 1.807) is 18.2 Å². The lowest BCUT2D eigenvalue weighted by molar-refractivity contribution is 0.0672. The molecule has 0 saturated heterocycles. The van der Waals surface area contributed by atoms with Gasteiger partial charge in [0.1, 0.15) is 5.75 Å². The second-order valence-corrected chi connectivity index (χ2v) is 6.07. The SMILES string of the molecule is CCOc1cc(N)cc(C(=O)N(C)C2CCCC(C)C2)c1. The van der Waals surface area contributed by atoms with E-state index in [4.69, 9.17) is 10.5 Å². The van der Waals surface area contributed by atoms with Gasteiger partial charge in [-0.2, -0.15) is 0 Å². The third-order valence-corrected chi connectivity index (χ3v) is 4.26. The summed E-state index contributed by atoms with van der Waals surface area (Å²) in [6.45, 7) is 4.74. The van der Waals surface area contributed by atoms with Gasteiger partial charge in [0.05, 0.1) is 6.61 Å². The lowest BCUT2D eigenvalue weighted by Crippen LogP contribution is -2.39. The zero-order valence-electron chi connectivity index (χ0n) is 13.3. The number of hydrogen-bond acceptors (Lipinski definition) is 3. The predicted molar refractivity (Wildman–Crippen MR) is 85.5 cm³/mol. The van der Waals surface area contributed by atoms with Crippen molar-refractivity contribution in [2.24, 2.45) is 5.92 Å². The minimum absolute atomic E-state index is 0.0300. The minimum Gasteiger partial charge on any atom is -0.494 e. The molecule has 2 rings (SSSR count). The van der Waals surface area contributed by atoms with E-state index in [2.05, 4.69) is 6.92 Å². The van der Waals surface area contributed by atoms with Gasteiger partial charge in [-0.25, -0.2) is 0 Å². The lowest BCUT2D eigenvalue weighted by Gasteiger charge is -2.34. The van der Waals surface area contributed by atoms with Gasteiger partial charge in [0.15, 0.2) is 0 Å². The van der Waals surface area contributed by atoms with Crippen LogP contribution >= 0.6 is 0 Å². The molecule has 1 saturated carbocycles. The van der Waals surface area contributed by atoms with Gasteiger partial charge in [-0.15, -0.1) is 0 Å². The quantitative estimate of drug-likeness (QED) is 0.865. The maximum absolute atomic E-state index is 12.7. The summed E-state index contributed by atoms with van der Waals surface area (Å²) in [6.07, 6.45) is 4.64. The Morgan fingerprint density at radius 1 is 1.38 bits per heavy atom. The molecule has 1 amide bonds. The van der Waals surface area contributed by atoms with Gasteiger partial charge in [0, 0.05) is 30.4 Å². The largest absolute Gasteiger partial charge is 0.494 e. The van der Waals surface area contributed by atoms with Crippen LogP contribution in [0.5, 0.6) is 5.75 Å². The molecule has 1 aliphatic rings. The first-order chi connectivity index (χ1) is 10.0. The van der Waals surface area contributed by atoms with E-state index < -0.39 is 0 Å². The summed E-state index contributed by atoms with van der Waals surface area (Å²) in [5, 5.41) is 0. The number of carbonyl (C=O) groups is 1. The van der Waals surface area contributed by atoms with E-state index in [-0.39, 0.29) is 5.91 Å². The van der Waals surface area contributed by atoms with Crippen LogP contribution in [0.2, 0.25) is 0 Å². The molecular formula is C17H26N2O2. The number of rotatable bonds is 4. The molecule has 4 nitrogen and oxygen atoms in total. The zero-order chi connectivity index (χ0) is 15.4. The zero-order valence-corrected chi connectivity index (χ0v) is 13.3. The van der Waals surface area contributed by atoms with Gasteiger partial charge in [0.25, 0.3) is 5.91 Å². The second-order valence-electron chi connectivity index (χ2n) is 6.07. The summed E-state index contributed by atoms with van der Waals surface area (Å²) in [5.41, 5.74) is 7.05. The third-order valence-electron chi connectivity index (χ3n) is 4.26. The molecule has 0 radical (unpaired) electrons. The van der Waals surface area contributed by atoms with Crippen LogP contribution in [0.4, 0.5) is 5.69 Å². The maximum atomic E-state index is 12.7. The molecular weight excluding hydrogens is 264 g/mol. The predicted octanol–water partition coefficient (Wildman–Crippen LogP) is 3.32. The fourth-order valence-corrected chi connectivity index (χ4v) is 3.12. The third kappa shape index (κ3) is 3.90. The highest BCUT2D eigenvalue weighted by Crippen LogP contribution is 2.28. The molecule has 1 fully saturated rings. The summed E-state index contributed by atoms with van der Waals surface area (Å²) in [7, 11) is 1.90. The van der Waals surface area contributed by atoms with Crippen LogP contribution in [-0.2, 0) is 0 Å². The van der Waals surface area contributed by atoms with E-state index in [1.807, 2.05) is 18.9 Å². The Balaban J connectivity index is 2.14. The van der Waals surface area contributed by atoms with Crippen LogP contribution in [0.15, 0.2) is 18.2 Å². The van der Waals surface area contributed by atoms with Gasteiger partial charge in [0.2, 0.25) is 0 Å². The number of carbonyl (C=O) groups excluding carboxylic acids is 1. The van der Waals surface area contributed by atoms with Crippen LogP contribution in [-0.4, -0.2) is 30.5 Å². The van der Waals surface area contributed by atoms with Crippen LogP contribution in [0.1, 0.15) is 49.9 Å². The van der Waals surface area contributed by atoms with E-state index in [1.165, 1.54) is 12.8 Å². The van der Waals surface area contributed by atoms with Gasteiger partial charge < -0.3 is 15.4 Å². The van der Waals surface area contributed by atoms with Gasteiger partial charge in [-0.3, -0.25) is 4.79 Å². The van der Waals surface area contributed by atoms with E-state index in [0.29, 0.717) is 35.6 Å². The van der Waals surface area contributed by atoms with Crippen LogP contribution in [0, 0.1) is 5.92 Å².